The van der Waals surface area contributed by atoms with Crippen molar-refractivity contribution in [2.45, 2.75) is 90.0 Å². The summed E-state index contributed by atoms with van der Waals surface area (Å²) in [6.45, 7) is 8.32. The van der Waals surface area contributed by atoms with Gasteiger partial charge in [-0.3, -0.25) is 9.59 Å². The van der Waals surface area contributed by atoms with Crippen LogP contribution < -0.4 is 10.6 Å². The largest absolute Gasteiger partial charge is 0.453 e. The normalized spacial score (nSPS) is 21.4. The van der Waals surface area contributed by atoms with Crippen molar-refractivity contribution in [3.8, 4) is 33.6 Å². The Balaban J connectivity index is 1.02. The standard InChI is InChI=1S/C43H53N7O6/c1-24(2)36(47-42(53)55-5)40(51)49-21-7-8-35(49)33-20-19-32(45-33)28-13-9-26(10-14-28)27-11-15-29(16-12-27)34-23-44-39(46-34)38-30-17-18-31(22-30)50(38)41(52)37(25(3)4)48-43(54)56-6/h9-16,19-20,23-25,30-31,35-38,45H,7-8,17-18,21-22H2,1-6H3,(H,44,46)(H,47,53)(H,48,54)/t30-,31+,35-,36-,37-,38-/m0/s1. The number of carbonyl (C=O) groups excluding carboxylic acids is 4. The zero-order chi connectivity index (χ0) is 39.7. The van der Waals surface area contributed by atoms with E-state index in [9.17, 15) is 19.2 Å². The highest BCUT2D eigenvalue weighted by Gasteiger charge is 2.51. The van der Waals surface area contributed by atoms with Gasteiger partial charge >= 0.3 is 12.2 Å². The molecule has 13 heteroatoms. The van der Waals surface area contributed by atoms with E-state index in [1.54, 1.807) is 0 Å². The van der Waals surface area contributed by atoms with Crippen LogP contribution in [0.25, 0.3) is 33.6 Å². The highest BCUT2D eigenvalue weighted by Crippen LogP contribution is 2.50. The molecular formula is C43H53N7O6. The third kappa shape index (κ3) is 7.63. The predicted octanol–water partition coefficient (Wildman–Crippen LogP) is 7.22. The van der Waals surface area contributed by atoms with Crippen LogP contribution in [-0.2, 0) is 19.1 Å². The quantitative estimate of drug-likeness (QED) is 0.125. The molecule has 4 aromatic rings. The number of benzene rings is 2. The number of fused-ring (bicyclic) bond motifs is 2. The van der Waals surface area contributed by atoms with Crippen molar-refractivity contribution in [3.05, 3.63) is 78.4 Å². The first kappa shape index (κ1) is 38.7. The highest BCUT2D eigenvalue weighted by molar-refractivity contribution is 5.87. The number of rotatable bonds is 11. The monoisotopic (exact) mass is 763 g/mol. The van der Waals surface area contributed by atoms with E-state index in [0.717, 1.165) is 77.3 Å². The first-order valence-electron chi connectivity index (χ1n) is 19.7. The molecular weight excluding hydrogens is 711 g/mol. The minimum Gasteiger partial charge on any atom is -0.453 e. The van der Waals surface area contributed by atoms with Crippen LogP contribution in [0.15, 0.2) is 66.9 Å². The fraction of sp³-hybridized carbons (Fsp3) is 0.465. The van der Waals surface area contributed by atoms with Gasteiger partial charge in [-0.05, 0) is 84.2 Å². The van der Waals surface area contributed by atoms with E-state index in [4.69, 9.17) is 14.5 Å². The molecule has 3 aliphatic rings. The number of likely N-dealkylation sites (tertiary alicyclic amines) is 2. The second-order valence-corrected chi connectivity index (χ2v) is 16.0. The molecule has 3 fully saturated rings. The van der Waals surface area contributed by atoms with Crippen molar-refractivity contribution < 1.29 is 28.7 Å². The fourth-order valence-electron chi connectivity index (χ4n) is 8.84. The number of nitrogens with zero attached hydrogens (tertiary/aromatic N) is 3. The summed E-state index contributed by atoms with van der Waals surface area (Å²) in [4.78, 5) is 67.2. The van der Waals surface area contributed by atoms with Crippen molar-refractivity contribution in [1.29, 1.82) is 0 Å². The number of aromatic nitrogens is 3. The average molecular weight is 764 g/mol. The Morgan fingerprint density at radius 1 is 0.714 bits per heavy atom. The van der Waals surface area contributed by atoms with Gasteiger partial charge in [0.15, 0.2) is 0 Å². The molecule has 2 aromatic carbocycles. The minimum atomic E-state index is -0.678. The molecule has 56 heavy (non-hydrogen) atoms. The molecule has 4 N–H and O–H groups in total. The molecule has 4 amide bonds. The molecule has 1 saturated carbocycles. The van der Waals surface area contributed by atoms with Crippen LogP contribution in [0.5, 0.6) is 0 Å². The number of ether oxygens (including phenoxy) is 2. The predicted molar refractivity (Wildman–Crippen MR) is 212 cm³/mol. The van der Waals surface area contributed by atoms with E-state index in [1.807, 2.05) is 43.7 Å². The maximum atomic E-state index is 13.9. The Hall–Kier alpha value is -5.59. The molecule has 0 unspecified atom stereocenters. The number of hydrogen-bond acceptors (Lipinski definition) is 7. The Kier molecular flexibility index (Phi) is 11.2. The summed E-state index contributed by atoms with van der Waals surface area (Å²) >= 11 is 0. The lowest BCUT2D eigenvalue weighted by atomic mass is 9.95. The summed E-state index contributed by atoms with van der Waals surface area (Å²) in [5.74, 6) is 0.719. The van der Waals surface area contributed by atoms with E-state index >= 15 is 0 Å². The molecule has 2 bridgehead atoms. The van der Waals surface area contributed by atoms with Crippen molar-refractivity contribution in [2.75, 3.05) is 20.8 Å². The lowest BCUT2D eigenvalue weighted by molar-refractivity contribution is -0.139. The molecule has 1 aliphatic carbocycles. The van der Waals surface area contributed by atoms with Crippen LogP contribution in [-0.4, -0.2) is 87.6 Å². The number of H-pyrrole nitrogens is 2. The molecule has 0 radical (unpaired) electrons. The highest BCUT2D eigenvalue weighted by atomic mass is 16.5. The van der Waals surface area contributed by atoms with Crippen molar-refractivity contribution in [2.24, 2.45) is 17.8 Å². The van der Waals surface area contributed by atoms with Gasteiger partial charge in [0.25, 0.3) is 0 Å². The van der Waals surface area contributed by atoms with Gasteiger partial charge in [0.2, 0.25) is 11.8 Å². The number of hydrogen-bond donors (Lipinski definition) is 4. The molecule has 2 aromatic heterocycles. The van der Waals surface area contributed by atoms with Crippen LogP contribution in [0.2, 0.25) is 0 Å². The number of imidazole rings is 1. The first-order valence-corrected chi connectivity index (χ1v) is 19.7. The van der Waals surface area contributed by atoms with Crippen LogP contribution in [0.3, 0.4) is 0 Å². The molecule has 13 nitrogen and oxygen atoms in total. The summed E-state index contributed by atoms with van der Waals surface area (Å²) in [5, 5.41) is 5.47. The van der Waals surface area contributed by atoms with E-state index in [-0.39, 0.29) is 41.8 Å². The number of methoxy groups -OCH3 is 2. The number of carbonyl (C=O) groups is 4. The third-order valence-corrected chi connectivity index (χ3v) is 11.8. The van der Waals surface area contributed by atoms with E-state index in [1.165, 1.54) is 14.2 Å². The van der Waals surface area contributed by atoms with Crippen LogP contribution in [0.1, 0.15) is 83.4 Å². The summed E-state index contributed by atoms with van der Waals surface area (Å²) in [6.07, 6.45) is 5.29. The van der Waals surface area contributed by atoms with Gasteiger partial charge in [0.05, 0.1) is 38.2 Å². The second kappa shape index (κ2) is 16.3. The molecule has 296 valence electrons. The summed E-state index contributed by atoms with van der Waals surface area (Å²) in [7, 11) is 2.61. The number of piperidine rings is 1. The maximum absolute atomic E-state index is 13.9. The smallest absolute Gasteiger partial charge is 0.407 e. The zero-order valence-electron chi connectivity index (χ0n) is 33.0. The molecule has 6 atom stereocenters. The average Bonchev–Trinajstić information content (AvgIpc) is 4.06. The third-order valence-electron chi connectivity index (χ3n) is 11.8. The van der Waals surface area contributed by atoms with E-state index < -0.39 is 24.3 Å². The Bertz CT molecular complexity index is 2040. The lowest BCUT2D eigenvalue weighted by Gasteiger charge is -2.37. The number of nitrogens with one attached hydrogen (secondary N) is 4. The molecule has 2 saturated heterocycles. The Labute approximate surface area is 327 Å². The van der Waals surface area contributed by atoms with Gasteiger partial charge in [0.1, 0.15) is 17.9 Å². The van der Waals surface area contributed by atoms with Gasteiger partial charge in [-0.25, -0.2) is 14.6 Å². The number of amides is 4. The first-order chi connectivity index (χ1) is 27.0. The summed E-state index contributed by atoms with van der Waals surface area (Å²) in [5.41, 5.74) is 7.03. The Morgan fingerprint density at radius 3 is 1.88 bits per heavy atom. The second-order valence-electron chi connectivity index (χ2n) is 16.0. The fourth-order valence-corrected chi connectivity index (χ4v) is 8.84. The molecule has 2 aliphatic heterocycles. The van der Waals surface area contributed by atoms with Crippen molar-refractivity contribution in [3.63, 3.8) is 0 Å². The molecule has 7 rings (SSSR count). The summed E-state index contributed by atoms with van der Waals surface area (Å²) in [6, 6.07) is 19.4. The van der Waals surface area contributed by atoms with Gasteiger partial charge in [0, 0.05) is 24.0 Å². The van der Waals surface area contributed by atoms with E-state index in [0.29, 0.717) is 12.5 Å². The van der Waals surface area contributed by atoms with Crippen LogP contribution >= 0.6 is 0 Å². The van der Waals surface area contributed by atoms with Crippen molar-refractivity contribution in [1.82, 2.24) is 35.4 Å². The van der Waals surface area contributed by atoms with Crippen LogP contribution in [0.4, 0.5) is 9.59 Å². The molecule has 4 heterocycles. The zero-order valence-corrected chi connectivity index (χ0v) is 33.0. The number of aromatic amines is 2. The van der Waals surface area contributed by atoms with Crippen molar-refractivity contribution >= 4 is 24.0 Å². The molecule has 0 spiro atoms. The Morgan fingerprint density at radius 2 is 1.29 bits per heavy atom. The maximum Gasteiger partial charge on any atom is 0.407 e. The van der Waals surface area contributed by atoms with Gasteiger partial charge < -0.3 is 39.9 Å². The topological polar surface area (TPSA) is 162 Å². The number of alkyl carbamates (subject to hydrolysis) is 2. The van der Waals surface area contributed by atoms with Gasteiger partial charge in [-0.2, -0.15) is 0 Å². The van der Waals surface area contributed by atoms with Gasteiger partial charge in [-0.15, -0.1) is 0 Å². The SMILES string of the molecule is COC(=O)N[C@H](C(=O)N1CCC[C@H]1c1ccc(-c2ccc(-c3ccc(-c4cnc([C@@H]5[C@H]6CC[C@H](C6)N5C(=O)[C@@H](NC(=O)OC)C(C)C)[nH]4)cc3)cc2)[nH]1)C(C)C. The van der Waals surface area contributed by atoms with Gasteiger partial charge in [-0.1, -0.05) is 76.2 Å². The summed E-state index contributed by atoms with van der Waals surface area (Å²) < 4.78 is 9.58. The van der Waals surface area contributed by atoms with E-state index in [2.05, 4.69) is 81.3 Å². The minimum absolute atomic E-state index is 0.0837. The lowest BCUT2D eigenvalue weighted by Crippen LogP contribution is -2.54. The van der Waals surface area contributed by atoms with Crippen LogP contribution in [0, 0.1) is 17.8 Å².